The Morgan fingerprint density at radius 1 is 1.10 bits per heavy atom. The quantitative estimate of drug-likeness (QED) is 0.211. The maximum Gasteiger partial charge on any atom is 0.247 e. The number of hydrogen-bond donors (Lipinski definition) is 1. The van der Waals surface area contributed by atoms with Crippen molar-refractivity contribution in [1.82, 2.24) is 9.80 Å². The molecule has 3 unspecified atom stereocenters. The SMILES string of the molecule is C=CCN(C(=O)[C@@H]1[C@@H]2CC(C)C3(S2)C(C(=O)N(CC=C)C(C)(C)CC(C)(C)C)N([C@@H](CO)CC(C)C)C(=O)[C@H]13)c1ccc(OCC)cc1. The van der Waals surface area contributed by atoms with E-state index in [2.05, 4.69) is 68.5 Å². The van der Waals surface area contributed by atoms with Crippen LogP contribution in [0.25, 0.3) is 0 Å². The average Bonchev–Trinajstić information content (AvgIpc) is 3.59. The van der Waals surface area contributed by atoms with Gasteiger partial charge in [-0.3, -0.25) is 14.4 Å². The van der Waals surface area contributed by atoms with Crippen LogP contribution in [0, 0.1) is 29.1 Å². The lowest BCUT2D eigenvalue weighted by atomic mass is 9.65. The maximum absolute atomic E-state index is 15.3. The molecule has 1 N–H and O–H groups in total. The van der Waals surface area contributed by atoms with E-state index < -0.39 is 34.2 Å². The van der Waals surface area contributed by atoms with Crippen LogP contribution in [0.2, 0.25) is 0 Å². The zero-order chi connectivity index (χ0) is 35.8. The Morgan fingerprint density at radius 2 is 1.73 bits per heavy atom. The number of rotatable bonds is 15. The van der Waals surface area contributed by atoms with Crippen LogP contribution in [0.4, 0.5) is 5.69 Å². The second-order valence-electron chi connectivity index (χ2n) is 16.2. The van der Waals surface area contributed by atoms with Crippen molar-refractivity contribution in [3.05, 3.63) is 49.6 Å². The third kappa shape index (κ3) is 6.96. The van der Waals surface area contributed by atoms with E-state index in [1.807, 2.05) is 36.1 Å². The fourth-order valence-corrected chi connectivity index (χ4v) is 11.5. The topological polar surface area (TPSA) is 90.4 Å². The number of aliphatic hydroxyl groups is 1. The van der Waals surface area contributed by atoms with E-state index in [9.17, 15) is 9.90 Å². The number of fused-ring (bicyclic) bond motifs is 1. The Kier molecular flexibility index (Phi) is 11.6. The van der Waals surface area contributed by atoms with Gasteiger partial charge >= 0.3 is 0 Å². The lowest BCUT2D eigenvalue weighted by molar-refractivity contribution is -0.149. The highest BCUT2D eigenvalue weighted by Crippen LogP contribution is 2.69. The number of carbonyl (C=O) groups excluding carboxylic acids is 3. The normalized spacial score (nSPS) is 27.2. The lowest BCUT2D eigenvalue weighted by Gasteiger charge is -2.47. The summed E-state index contributed by atoms with van der Waals surface area (Å²) in [5.74, 6) is -0.821. The Hall–Kier alpha value is -2.78. The van der Waals surface area contributed by atoms with Crippen LogP contribution in [0.15, 0.2) is 49.6 Å². The third-order valence-corrected chi connectivity index (χ3v) is 12.4. The summed E-state index contributed by atoms with van der Waals surface area (Å²) in [5.41, 5.74) is 0.122. The number of likely N-dealkylation sites (tertiary alicyclic amines) is 1. The van der Waals surface area contributed by atoms with Gasteiger partial charge in [-0.25, -0.2) is 0 Å². The average molecular weight is 682 g/mol. The Morgan fingerprint density at radius 3 is 2.25 bits per heavy atom. The number of benzene rings is 1. The number of carbonyl (C=O) groups is 3. The molecule has 0 aromatic heterocycles. The standard InChI is InChI=1S/C39H59N3O5S/c1-12-19-40(27-15-17-29(18-16-27)47-14-3)34(44)31-30-22-26(6)39(48-30)32(31)35(45)42(28(23-43)21-25(4)5)33(39)36(46)41(20-13-2)38(10,11)24-37(7,8)9/h12-13,15-18,25-26,28,30-33,43H,1-2,14,19-24H2,3-11H3/t26?,28-,30+,31-,32+,33?,39?/m1/s1. The minimum Gasteiger partial charge on any atom is -0.494 e. The summed E-state index contributed by atoms with van der Waals surface area (Å²) >= 11 is 1.67. The van der Waals surface area contributed by atoms with Gasteiger partial charge in [0.1, 0.15) is 11.8 Å². The van der Waals surface area contributed by atoms with E-state index in [-0.39, 0.29) is 53.4 Å². The van der Waals surface area contributed by atoms with Gasteiger partial charge in [-0.15, -0.1) is 24.9 Å². The summed E-state index contributed by atoms with van der Waals surface area (Å²) in [6, 6.07) is 6.09. The van der Waals surface area contributed by atoms with Gasteiger partial charge in [0.25, 0.3) is 0 Å². The molecule has 3 amide bonds. The zero-order valence-corrected chi connectivity index (χ0v) is 31.5. The van der Waals surface area contributed by atoms with Gasteiger partial charge in [-0.1, -0.05) is 53.7 Å². The van der Waals surface area contributed by atoms with Crippen molar-refractivity contribution < 1.29 is 24.2 Å². The summed E-state index contributed by atoms with van der Waals surface area (Å²) in [4.78, 5) is 50.4. The molecule has 4 rings (SSSR count). The first-order valence-electron chi connectivity index (χ1n) is 17.7. The number of nitrogens with zero attached hydrogens (tertiary/aromatic N) is 3. The van der Waals surface area contributed by atoms with E-state index in [0.717, 1.165) is 18.6 Å². The Balaban J connectivity index is 1.85. The molecule has 3 fully saturated rings. The summed E-state index contributed by atoms with van der Waals surface area (Å²) < 4.78 is 4.83. The molecule has 9 heteroatoms. The smallest absolute Gasteiger partial charge is 0.247 e. The van der Waals surface area contributed by atoms with E-state index in [1.165, 1.54) is 0 Å². The molecule has 3 aliphatic heterocycles. The molecule has 0 radical (unpaired) electrons. The van der Waals surface area contributed by atoms with Crippen LogP contribution < -0.4 is 9.64 Å². The van der Waals surface area contributed by atoms with E-state index >= 15 is 9.59 Å². The Bertz CT molecular complexity index is 1350. The van der Waals surface area contributed by atoms with Gasteiger partial charge in [0.15, 0.2) is 0 Å². The highest BCUT2D eigenvalue weighted by Gasteiger charge is 2.77. The Labute approximate surface area is 293 Å². The summed E-state index contributed by atoms with van der Waals surface area (Å²) in [6.45, 7) is 27.7. The van der Waals surface area contributed by atoms with Crippen LogP contribution in [0.1, 0.15) is 81.6 Å². The van der Waals surface area contributed by atoms with Crippen LogP contribution in [-0.4, -0.2) is 86.6 Å². The van der Waals surface area contributed by atoms with Crippen molar-refractivity contribution in [2.75, 3.05) is 31.2 Å². The van der Waals surface area contributed by atoms with Crippen LogP contribution in [0.5, 0.6) is 5.75 Å². The molecule has 1 aromatic rings. The fourth-order valence-electron chi connectivity index (χ4n) is 9.06. The van der Waals surface area contributed by atoms with Gasteiger partial charge in [0.2, 0.25) is 17.7 Å². The summed E-state index contributed by atoms with van der Waals surface area (Å²) in [7, 11) is 0. The van der Waals surface area contributed by atoms with Crippen LogP contribution in [0.3, 0.4) is 0 Å². The third-order valence-electron chi connectivity index (χ3n) is 10.4. The zero-order valence-electron chi connectivity index (χ0n) is 30.7. The van der Waals surface area contributed by atoms with Gasteiger partial charge in [-0.2, -0.15) is 0 Å². The molecule has 3 saturated heterocycles. The highest BCUT2D eigenvalue weighted by molar-refractivity contribution is 8.02. The molecule has 48 heavy (non-hydrogen) atoms. The molecule has 0 aliphatic carbocycles. The molecule has 1 aromatic carbocycles. The second kappa shape index (κ2) is 14.6. The molecular formula is C39H59N3O5S. The highest BCUT2D eigenvalue weighted by atomic mass is 32.2. The number of ether oxygens (including phenoxy) is 1. The van der Waals surface area contributed by atoms with Crippen LogP contribution in [-0.2, 0) is 14.4 Å². The minimum atomic E-state index is -0.814. The first kappa shape index (κ1) is 38.0. The number of aliphatic hydroxyl groups excluding tert-OH is 1. The van der Waals surface area contributed by atoms with Gasteiger partial charge in [-0.05, 0) is 81.5 Å². The largest absolute Gasteiger partial charge is 0.494 e. The van der Waals surface area contributed by atoms with E-state index in [4.69, 9.17) is 4.74 Å². The van der Waals surface area contributed by atoms with Crippen molar-refractivity contribution in [3.8, 4) is 5.75 Å². The van der Waals surface area contributed by atoms with Crippen molar-refractivity contribution in [3.63, 3.8) is 0 Å². The molecule has 1 spiro atoms. The predicted octanol–water partition coefficient (Wildman–Crippen LogP) is 6.58. The molecule has 7 atom stereocenters. The van der Waals surface area contributed by atoms with Gasteiger partial charge < -0.3 is 24.5 Å². The predicted molar refractivity (Wildman–Crippen MR) is 196 cm³/mol. The maximum atomic E-state index is 15.3. The monoisotopic (exact) mass is 681 g/mol. The molecule has 266 valence electrons. The fraction of sp³-hybridized carbons (Fsp3) is 0.667. The minimum absolute atomic E-state index is 0.0116. The van der Waals surface area contributed by atoms with Crippen molar-refractivity contribution in [2.24, 2.45) is 29.1 Å². The van der Waals surface area contributed by atoms with Gasteiger partial charge in [0, 0.05) is 29.6 Å². The van der Waals surface area contributed by atoms with E-state index in [1.54, 1.807) is 33.7 Å². The molecular weight excluding hydrogens is 623 g/mol. The number of thioether (sulfide) groups is 1. The van der Waals surface area contributed by atoms with E-state index in [0.29, 0.717) is 25.3 Å². The van der Waals surface area contributed by atoms with Crippen molar-refractivity contribution >= 4 is 35.2 Å². The summed E-state index contributed by atoms with van der Waals surface area (Å²) in [6.07, 6.45) is 5.50. The van der Waals surface area contributed by atoms with Crippen molar-refractivity contribution in [2.45, 2.75) is 109 Å². The first-order chi connectivity index (χ1) is 22.5. The molecule has 3 heterocycles. The number of amides is 3. The number of anilines is 1. The second-order valence-corrected chi connectivity index (χ2v) is 17.8. The van der Waals surface area contributed by atoms with Gasteiger partial charge in [0.05, 0.1) is 35.8 Å². The lowest BCUT2D eigenvalue weighted by Crippen LogP contribution is -2.63. The molecule has 3 aliphatic rings. The molecule has 8 nitrogen and oxygen atoms in total. The molecule has 2 bridgehead atoms. The van der Waals surface area contributed by atoms with Crippen LogP contribution >= 0.6 is 11.8 Å². The first-order valence-corrected chi connectivity index (χ1v) is 18.5. The number of hydrogen-bond acceptors (Lipinski definition) is 6. The summed E-state index contributed by atoms with van der Waals surface area (Å²) in [5, 5.41) is 10.7. The molecule has 0 saturated carbocycles. The van der Waals surface area contributed by atoms with Crippen molar-refractivity contribution in [1.29, 1.82) is 0 Å².